The van der Waals surface area contributed by atoms with E-state index in [0.29, 0.717) is 24.6 Å². The zero-order valence-electron chi connectivity index (χ0n) is 12.0. The molecule has 7 heteroatoms. The molecule has 1 aromatic carbocycles. The van der Waals surface area contributed by atoms with Crippen LogP contribution >= 0.6 is 11.6 Å². The van der Waals surface area contributed by atoms with Crippen LogP contribution in [0.25, 0.3) is 0 Å². The monoisotopic (exact) mass is 324 g/mol. The number of nitro benzene ring substituents is 1. The molecular weight excluding hydrogens is 308 g/mol. The zero-order chi connectivity index (χ0) is 15.7. The van der Waals surface area contributed by atoms with Crippen LogP contribution in [0.15, 0.2) is 18.2 Å². The normalized spacial score (nSPS) is 24.7. The van der Waals surface area contributed by atoms with E-state index >= 15 is 0 Å². The van der Waals surface area contributed by atoms with Gasteiger partial charge in [-0.15, -0.1) is 0 Å². The number of nitrogens with zero attached hydrogens (tertiary/aromatic N) is 2. The van der Waals surface area contributed by atoms with Gasteiger partial charge >= 0.3 is 0 Å². The van der Waals surface area contributed by atoms with Crippen LogP contribution in [0, 0.1) is 16.0 Å². The average Bonchev–Trinajstić information content (AvgIpc) is 2.53. The van der Waals surface area contributed by atoms with E-state index in [-0.39, 0.29) is 22.7 Å². The molecule has 0 radical (unpaired) electrons. The highest BCUT2D eigenvalue weighted by Gasteiger charge is 2.34. The predicted octanol–water partition coefficient (Wildman–Crippen LogP) is 2.89. The molecule has 2 aliphatic rings. The molecule has 2 atom stereocenters. The standard InChI is InChI=1S/C15H17ClN2O4/c16-12-8-10(3-4-13(12)18(20)21)15(19)17-6-5-14-11(9-17)2-1-7-22-14/h3-4,8,11,14H,1-2,5-7,9H2/t11-,14-/m0/s1. The lowest BCUT2D eigenvalue weighted by molar-refractivity contribution is -0.384. The van der Waals surface area contributed by atoms with Crippen molar-refractivity contribution in [3.05, 3.63) is 38.9 Å². The van der Waals surface area contributed by atoms with Crippen molar-refractivity contribution in [2.24, 2.45) is 5.92 Å². The molecular formula is C15H17ClN2O4. The van der Waals surface area contributed by atoms with E-state index in [1.54, 1.807) is 4.90 Å². The number of rotatable bonds is 2. The molecule has 0 aromatic heterocycles. The molecule has 0 aliphatic carbocycles. The Morgan fingerprint density at radius 3 is 2.95 bits per heavy atom. The average molecular weight is 325 g/mol. The van der Waals surface area contributed by atoms with Crippen LogP contribution in [-0.2, 0) is 4.74 Å². The first-order valence-electron chi connectivity index (χ1n) is 7.41. The fourth-order valence-electron chi connectivity index (χ4n) is 3.24. The van der Waals surface area contributed by atoms with Gasteiger partial charge in [0.05, 0.1) is 11.0 Å². The number of hydrogen-bond acceptors (Lipinski definition) is 4. The van der Waals surface area contributed by atoms with Crippen LogP contribution in [0.1, 0.15) is 29.6 Å². The van der Waals surface area contributed by atoms with E-state index in [1.807, 2.05) is 0 Å². The smallest absolute Gasteiger partial charge is 0.287 e. The number of carbonyl (C=O) groups is 1. The number of hydrogen-bond donors (Lipinski definition) is 0. The summed E-state index contributed by atoms with van der Waals surface area (Å²) in [6, 6.07) is 4.13. The van der Waals surface area contributed by atoms with Crippen LogP contribution in [0.5, 0.6) is 0 Å². The molecule has 1 aromatic rings. The molecule has 0 N–H and O–H groups in total. The van der Waals surface area contributed by atoms with Gasteiger partial charge in [0.1, 0.15) is 5.02 Å². The number of piperidine rings is 1. The fourth-order valence-corrected chi connectivity index (χ4v) is 3.49. The topological polar surface area (TPSA) is 72.7 Å². The van der Waals surface area contributed by atoms with Gasteiger partial charge in [-0.05, 0) is 31.4 Å². The Balaban J connectivity index is 1.74. The quantitative estimate of drug-likeness (QED) is 0.619. The van der Waals surface area contributed by atoms with Crippen LogP contribution in [0.2, 0.25) is 5.02 Å². The van der Waals surface area contributed by atoms with Crippen molar-refractivity contribution in [2.45, 2.75) is 25.4 Å². The molecule has 2 fully saturated rings. The first-order valence-corrected chi connectivity index (χ1v) is 7.79. The molecule has 2 heterocycles. The summed E-state index contributed by atoms with van der Waals surface area (Å²) in [4.78, 5) is 24.6. The number of ether oxygens (including phenoxy) is 1. The number of carbonyl (C=O) groups excluding carboxylic acids is 1. The van der Waals surface area contributed by atoms with E-state index < -0.39 is 4.92 Å². The molecule has 3 rings (SSSR count). The van der Waals surface area contributed by atoms with Gasteiger partial charge in [-0.25, -0.2) is 0 Å². The van der Waals surface area contributed by atoms with Gasteiger partial charge in [0.15, 0.2) is 0 Å². The van der Waals surface area contributed by atoms with Gasteiger partial charge in [-0.3, -0.25) is 14.9 Å². The van der Waals surface area contributed by atoms with E-state index in [0.717, 1.165) is 25.9 Å². The summed E-state index contributed by atoms with van der Waals surface area (Å²) in [6.45, 7) is 2.14. The third kappa shape index (κ3) is 2.94. The van der Waals surface area contributed by atoms with Crippen LogP contribution in [0.4, 0.5) is 5.69 Å². The second kappa shape index (κ2) is 6.22. The minimum Gasteiger partial charge on any atom is -0.378 e. The van der Waals surface area contributed by atoms with Gasteiger partial charge in [0.2, 0.25) is 0 Å². The van der Waals surface area contributed by atoms with Crippen molar-refractivity contribution >= 4 is 23.2 Å². The van der Waals surface area contributed by atoms with Crippen molar-refractivity contribution in [1.29, 1.82) is 0 Å². The highest BCUT2D eigenvalue weighted by Crippen LogP contribution is 2.30. The number of fused-ring (bicyclic) bond motifs is 1. The molecule has 0 spiro atoms. The molecule has 2 saturated heterocycles. The number of likely N-dealkylation sites (tertiary alicyclic amines) is 1. The summed E-state index contributed by atoms with van der Waals surface area (Å²) >= 11 is 5.89. The Morgan fingerprint density at radius 2 is 2.23 bits per heavy atom. The maximum atomic E-state index is 12.6. The SMILES string of the molecule is O=C(c1ccc([N+](=O)[O-])c(Cl)c1)N1CC[C@@H]2OCCC[C@H]2C1. The number of nitro groups is 1. The van der Waals surface area contributed by atoms with Crippen LogP contribution < -0.4 is 0 Å². The summed E-state index contributed by atoms with van der Waals surface area (Å²) < 4.78 is 5.74. The third-order valence-electron chi connectivity index (χ3n) is 4.39. The Morgan fingerprint density at radius 1 is 1.41 bits per heavy atom. The van der Waals surface area contributed by atoms with Crippen molar-refractivity contribution in [1.82, 2.24) is 4.90 Å². The molecule has 2 aliphatic heterocycles. The lowest BCUT2D eigenvalue weighted by atomic mass is 9.88. The summed E-state index contributed by atoms with van der Waals surface area (Å²) in [5, 5.41) is 10.8. The van der Waals surface area contributed by atoms with E-state index in [2.05, 4.69) is 0 Å². The van der Waals surface area contributed by atoms with Crippen molar-refractivity contribution in [2.75, 3.05) is 19.7 Å². The molecule has 22 heavy (non-hydrogen) atoms. The highest BCUT2D eigenvalue weighted by molar-refractivity contribution is 6.33. The van der Waals surface area contributed by atoms with Crippen molar-refractivity contribution < 1.29 is 14.5 Å². The minimum atomic E-state index is -0.554. The van der Waals surface area contributed by atoms with Gasteiger partial charge in [0.25, 0.3) is 11.6 Å². The summed E-state index contributed by atoms with van der Waals surface area (Å²) in [7, 11) is 0. The summed E-state index contributed by atoms with van der Waals surface area (Å²) in [5.41, 5.74) is 0.211. The number of halogens is 1. The lowest BCUT2D eigenvalue weighted by Crippen LogP contribution is -2.48. The van der Waals surface area contributed by atoms with Crippen LogP contribution in [-0.4, -0.2) is 41.5 Å². The number of amides is 1. The first kappa shape index (κ1) is 15.2. The molecule has 118 valence electrons. The van der Waals surface area contributed by atoms with Crippen LogP contribution in [0.3, 0.4) is 0 Å². The molecule has 1 amide bonds. The summed E-state index contributed by atoms with van der Waals surface area (Å²) in [6.07, 6.45) is 3.22. The number of benzene rings is 1. The summed E-state index contributed by atoms with van der Waals surface area (Å²) in [5.74, 6) is 0.265. The maximum absolute atomic E-state index is 12.6. The lowest BCUT2D eigenvalue weighted by Gasteiger charge is -2.41. The Labute approximate surface area is 133 Å². The van der Waals surface area contributed by atoms with Gasteiger partial charge < -0.3 is 9.64 Å². The Bertz CT molecular complexity index is 607. The van der Waals surface area contributed by atoms with Crippen molar-refractivity contribution in [3.63, 3.8) is 0 Å². The van der Waals surface area contributed by atoms with Crippen molar-refractivity contribution in [3.8, 4) is 0 Å². The van der Waals surface area contributed by atoms with E-state index in [1.165, 1.54) is 18.2 Å². The predicted molar refractivity (Wildman–Crippen MR) is 81.1 cm³/mol. The molecule has 0 saturated carbocycles. The molecule has 0 bridgehead atoms. The van der Waals surface area contributed by atoms with Gasteiger partial charge in [-0.1, -0.05) is 11.6 Å². The van der Waals surface area contributed by atoms with E-state index in [4.69, 9.17) is 16.3 Å². The minimum absolute atomic E-state index is 0.00765. The van der Waals surface area contributed by atoms with E-state index in [9.17, 15) is 14.9 Å². The second-order valence-corrected chi connectivity index (χ2v) is 6.18. The Hall–Kier alpha value is -1.66. The highest BCUT2D eigenvalue weighted by atomic mass is 35.5. The largest absolute Gasteiger partial charge is 0.378 e. The second-order valence-electron chi connectivity index (χ2n) is 5.77. The third-order valence-corrected chi connectivity index (χ3v) is 4.70. The zero-order valence-corrected chi connectivity index (χ0v) is 12.8. The fraction of sp³-hybridized carbons (Fsp3) is 0.533. The molecule has 6 nitrogen and oxygen atoms in total. The van der Waals surface area contributed by atoms with Gasteiger partial charge in [0, 0.05) is 37.2 Å². The first-order chi connectivity index (χ1) is 10.6. The molecule has 0 unspecified atom stereocenters. The van der Waals surface area contributed by atoms with Gasteiger partial charge in [-0.2, -0.15) is 0 Å². The Kier molecular flexibility index (Phi) is 4.31. The maximum Gasteiger partial charge on any atom is 0.287 e.